The van der Waals surface area contributed by atoms with Crippen molar-refractivity contribution in [1.82, 2.24) is 0 Å². The topological polar surface area (TPSA) is 523 Å². The maximum Gasteiger partial charge on any atom is 0.335 e. The third-order valence-corrected chi connectivity index (χ3v) is 25.6. The molecule has 38 atom stereocenters. The number of aliphatic hydroxyl groups excluding tert-OH is 16. The summed E-state index contributed by atoms with van der Waals surface area (Å²) in [5, 5.41) is 186. The molecule has 11 rings (SSSR count). The summed E-state index contributed by atoms with van der Waals surface area (Å²) in [4.78, 5) is 54.0. The van der Waals surface area contributed by atoms with Gasteiger partial charge in [-0.3, -0.25) is 9.59 Å². The highest BCUT2D eigenvalue weighted by Crippen LogP contribution is 2.76. The molecule has 0 amide bonds. The number of carboxylic acids is 1. The van der Waals surface area contributed by atoms with Gasteiger partial charge in [0.1, 0.15) is 129 Å². The van der Waals surface area contributed by atoms with Crippen molar-refractivity contribution in [3.05, 3.63) is 11.6 Å². The number of allylic oxidation sites excluding steroid dienone is 2. The first-order chi connectivity index (χ1) is 46.8. The largest absolute Gasteiger partial charge is 0.479 e. The summed E-state index contributed by atoms with van der Waals surface area (Å²) < 4.78 is 71.6. The number of rotatable bonds is 17. The molecule has 6 heterocycles. The van der Waals surface area contributed by atoms with E-state index in [0.717, 1.165) is 18.8 Å². The van der Waals surface area contributed by atoms with Gasteiger partial charge in [-0.2, -0.15) is 0 Å². The van der Waals surface area contributed by atoms with E-state index in [1.807, 2.05) is 0 Å². The third-order valence-electron chi connectivity index (χ3n) is 25.6. The molecule has 0 bridgehead atoms. The first-order valence-corrected chi connectivity index (χ1v) is 34.9. The summed E-state index contributed by atoms with van der Waals surface area (Å²) in [5.74, 6) is -4.01. The molecular weight excluding hydrogens is 1330 g/mol. The molecule has 6 saturated heterocycles. The molecule has 570 valence electrons. The van der Waals surface area contributed by atoms with E-state index in [9.17, 15) is 101 Å². The highest BCUT2D eigenvalue weighted by Gasteiger charge is 2.71. The van der Waals surface area contributed by atoms with Crippen LogP contribution in [0.3, 0.4) is 0 Å². The van der Waals surface area contributed by atoms with Gasteiger partial charge in [-0.1, -0.05) is 53.2 Å². The maximum absolute atomic E-state index is 15.8. The molecule has 17 N–H and O–H groups in total. The van der Waals surface area contributed by atoms with Gasteiger partial charge in [0.05, 0.1) is 48.5 Å². The van der Waals surface area contributed by atoms with Crippen LogP contribution in [-0.4, -0.2) is 315 Å². The van der Waals surface area contributed by atoms with Gasteiger partial charge in [0.15, 0.2) is 37.4 Å². The molecule has 6 aliphatic heterocycles. The van der Waals surface area contributed by atoms with Gasteiger partial charge in [-0.25, -0.2) is 4.79 Å². The van der Waals surface area contributed by atoms with Gasteiger partial charge in [-0.15, -0.1) is 0 Å². The van der Waals surface area contributed by atoms with Crippen LogP contribution < -0.4 is 0 Å². The average Bonchev–Trinajstić information content (AvgIpc) is 0.674. The van der Waals surface area contributed by atoms with Crippen molar-refractivity contribution in [2.45, 2.75) is 310 Å². The first kappa shape index (κ1) is 77.9. The third kappa shape index (κ3) is 13.5. The van der Waals surface area contributed by atoms with Gasteiger partial charge in [0, 0.05) is 13.3 Å². The standard InChI is InChI=1S/C67H104O33/c1-25-37(72)44(79)53(98-58-50(85)47(82)51(96-56-48(83)38(73)29(71)22-90-56)31(93-58)19-30-39(74)42(77)41(76)33(92-30)23-89-26(2)70)59(91-25)100-61(88)67-17-15-62(3,4)20-28(67)27-9-10-35-63(5)13-12-36(64(6,24-69)34(63)11-14-66(35,8)65(27,7)16-18-67)95-60-54(46(81)45(80)52(97-60)55(86)87)99-57-49(84)43(78)40(75)32(21-68)94-57/h9,24-25,28-54,56-60,68,71-85H,10-23H2,1-8H3,(H,86,87)/t25-,28?,29-,30+,31-,32-,33-,34?,35?,36?,37-,38-,39+,40+,41-,42-,43-,44-,45+,46-,47+,48-,49-,50-,51+,52+,53-,54-,56+,57+,58+,59+,60-,63?,64+,65-,66?,67?/m1/s1. The van der Waals surface area contributed by atoms with E-state index in [-0.39, 0.29) is 23.7 Å². The van der Waals surface area contributed by atoms with Crippen LogP contribution in [0.5, 0.6) is 0 Å². The molecule has 0 aromatic rings. The fraction of sp³-hybridized carbons (Fsp3) is 0.910. The van der Waals surface area contributed by atoms with Gasteiger partial charge < -0.3 is 148 Å². The Hall–Kier alpha value is -3.22. The lowest BCUT2D eigenvalue weighted by atomic mass is 9.33. The molecular formula is C67H104O33. The molecule has 0 aromatic carbocycles. The molecule has 4 saturated carbocycles. The van der Waals surface area contributed by atoms with Crippen molar-refractivity contribution < 1.29 is 163 Å². The van der Waals surface area contributed by atoms with Gasteiger partial charge in [-0.05, 0) is 111 Å². The highest BCUT2D eigenvalue weighted by atomic mass is 16.8. The lowest BCUT2D eigenvalue weighted by molar-refractivity contribution is -0.378. The van der Waals surface area contributed by atoms with Crippen LogP contribution >= 0.6 is 0 Å². The number of hydrogen-bond donors (Lipinski definition) is 17. The Kier molecular flexibility index (Phi) is 22.7. The minimum absolute atomic E-state index is 0.0799. The number of carboxylic acid groups (broad SMARTS) is 1. The predicted molar refractivity (Wildman–Crippen MR) is 330 cm³/mol. The Morgan fingerprint density at radius 2 is 1.14 bits per heavy atom. The van der Waals surface area contributed by atoms with E-state index in [0.29, 0.717) is 57.8 Å². The summed E-state index contributed by atoms with van der Waals surface area (Å²) in [6.07, 6.45) is -46.7. The lowest BCUT2D eigenvalue weighted by Crippen LogP contribution is -2.68. The first-order valence-electron chi connectivity index (χ1n) is 34.9. The monoisotopic (exact) mass is 1440 g/mol. The predicted octanol–water partition coefficient (Wildman–Crippen LogP) is -4.46. The number of fused-ring (bicyclic) bond motifs is 7. The van der Waals surface area contributed by atoms with Crippen LogP contribution in [0.25, 0.3) is 0 Å². The van der Waals surface area contributed by atoms with E-state index in [1.165, 1.54) is 6.92 Å². The zero-order chi connectivity index (χ0) is 73.2. The Morgan fingerprint density at radius 1 is 0.560 bits per heavy atom. The molecule has 33 nitrogen and oxygen atoms in total. The second-order valence-electron chi connectivity index (χ2n) is 31.9. The average molecular weight is 1440 g/mol. The molecule has 0 aromatic heterocycles. The number of aldehydes is 1. The number of carbonyl (C=O) groups is 4. The van der Waals surface area contributed by atoms with Crippen molar-refractivity contribution in [3.63, 3.8) is 0 Å². The number of aliphatic carboxylic acids is 1. The lowest BCUT2D eigenvalue weighted by Gasteiger charge is -2.71. The molecule has 0 radical (unpaired) electrons. The molecule has 33 heteroatoms. The smallest absolute Gasteiger partial charge is 0.335 e. The molecule has 11 aliphatic rings. The number of hydrogen-bond acceptors (Lipinski definition) is 32. The summed E-state index contributed by atoms with van der Waals surface area (Å²) in [7, 11) is 0. The Balaban J connectivity index is 0.843. The van der Waals surface area contributed by atoms with Crippen molar-refractivity contribution >= 4 is 24.2 Å². The van der Waals surface area contributed by atoms with Crippen molar-refractivity contribution in [2.24, 2.45) is 50.2 Å². The van der Waals surface area contributed by atoms with Crippen LogP contribution in [0.2, 0.25) is 0 Å². The summed E-state index contributed by atoms with van der Waals surface area (Å²) >= 11 is 0. The van der Waals surface area contributed by atoms with Gasteiger partial charge in [0.2, 0.25) is 6.29 Å². The van der Waals surface area contributed by atoms with Gasteiger partial charge in [0.25, 0.3) is 0 Å². The Labute approximate surface area is 577 Å². The summed E-state index contributed by atoms with van der Waals surface area (Å²) in [5.41, 5.74) is -3.37. The highest BCUT2D eigenvalue weighted by molar-refractivity contribution is 5.79. The number of aliphatic hydroxyl groups is 16. The quantitative estimate of drug-likeness (QED) is 0.0283. The maximum atomic E-state index is 15.8. The molecule has 5 aliphatic carbocycles. The van der Waals surface area contributed by atoms with Crippen LogP contribution in [0, 0.1) is 50.2 Å². The van der Waals surface area contributed by atoms with Gasteiger partial charge >= 0.3 is 17.9 Å². The second-order valence-corrected chi connectivity index (χ2v) is 31.9. The Bertz CT molecular complexity index is 2940. The van der Waals surface area contributed by atoms with Crippen molar-refractivity contribution in [1.29, 1.82) is 0 Å². The second kappa shape index (κ2) is 29.2. The zero-order valence-corrected chi connectivity index (χ0v) is 57.2. The minimum Gasteiger partial charge on any atom is -0.479 e. The molecule has 7 unspecified atom stereocenters. The van der Waals surface area contributed by atoms with Crippen LogP contribution in [0.15, 0.2) is 11.6 Å². The Morgan fingerprint density at radius 3 is 1.79 bits per heavy atom. The summed E-state index contributed by atoms with van der Waals surface area (Å²) in [6, 6.07) is 0. The SMILES string of the molecule is CC(=O)OC[C@H]1O[C@@H](C[C@H]2O[C@@H](O[C@H]3[C@H](OC(=O)C45CCC(C)(C)CC4C4=CCC6C7(C)CCC(O[C@@H]8O[C@H](C(=O)O)[C@@H](O)[C@@H](O)[C@H]8O[C@@H]8O[C@H](CO)[C@H](O)[C@@H](O)[C@H]8O)[C@@](C)(C=O)C7CCC6(C)[C@]4(C)CC5)O[C@H](C)[C@@H](O)[C@H]3O)[C@H](O)[C@H](O)[C@H]2O[C@@H]2OC[C@@H](O)[C@@H](O)[C@H]2O)[C@H](O)[C@@H](O)[C@@H]1O. The molecule has 10 fully saturated rings. The van der Waals surface area contributed by atoms with E-state index < -0.39 is 261 Å². The normalized spacial score (nSPS) is 53.2. The van der Waals surface area contributed by atoms with Crippen molar-refractivity contribution in [2.75, 3.05) is 19.8 Å². The minimum atomic E-state index is -2.16. The van der Waals surface area contributed by atoms with Crippen molar-refractivity contribution in [3.8, 4) is 0 Å². The van der Waals surface area contributed by atoms with Crippen LogP contribution in [0.4, 0.5) is 0 Å². The number of esters is 2. The molecule has 0 spiro atoms. The molecule has 100 heavy (non-hydrogen) atoms. The summed E-state index contributed by atoms with van der Waals surface area (Å²) in [6.45, 7) is 13.3. The number of carbonyl (C=O) groups excluding carboxylic acids is 3. The van der Waals surface area contributed by atoms with E-state index >= 15 is 4.79 Å². The zero-order valence-electron chi connectivity index (χ0n) is 57.2. The van der Waals surface area contributed by atoms with Crippen LogP contribution in [0.1, 0.15) is 126 Å². The number of ether oxygens (including phenoxy) is 12. The van der Waals surface area contributed by atoms with E-state index in [1.54, 1.807) is 6.92 Å². The van der Waals surface area contributed by atoms with Crippen LogP contribution in [-0.2, 0) is 76.0 Å². The van der Waals surface area contributed by atoms with E-state index in [2.05, 4.69) is 40.7 Å². The van der Waals surface area contributed by atoms with E-state index in [4.69, 9.17) is 56.8 Å². The fourth-order valence-electron chi connectivity index (χ4n) is 19.3. The fourth-order valence-corrected chi connectivity index (χ4v) is 19.3.